The highest BCUT2D eigenvalue weighted by Crippen LogP contribution is 2.37. The van der Waals surface area contributed by atoms with Crippen LogP contribution in [-0.2, 0) is 9.47 Å². The molecule has 0 radical (unpaired) electrons. The van der Waals surface area contributed by atoms with Crippen molar-refractivity contribution in [2.45, 2.75) is 32.3 Å². The molecule has 3 rings (SSSR count). The number of aliphatic hydroxyl groups is 1. The molecule has 1 aliphatic rings. The Labute approximate surface area is 121 Å². The molecule has 0 amide bonds. The predicted molar refractivity (Wildman–Crippen MR) is 75.3 cm³/mol. The molecule has 0 aromatic carbocycles. The van der Waals surface area contributed by atoms with Gasteiger partial charge in [0.05, 0.1) is 19.0 Å². The van der Waals surface area contributed by atoms with Crippen LogP contribution in [-0.4, -0.2) is 50.0 Å². The maximum absolute atomic E-state index is 9.48. The molecule has 1 fully saturated rings. The van der Waals surface area contributed by atoms with E-state index < -0.39 is 0 Å². The summed E-state index contributed by atoms with van der Waals surface area (Å²) in [4.78, 5) is 12.4. The fourth-order valence-corrected chi connectivity index (χ4v) is 2.85. The van der Waals surface area contributed by atoms with Gasteiger partial charge in [0.15, 0.2) is 11.5 Å². The summed E-state index contributed by atoms with van der Waals surface area (Å²) in [5, 5.41) is 9.48. The van der Waals surface area contributed by atoms with Crippen molar-refractivity contribution in [2.24, 2.45) is 5.92 Å². The van der Waals surface area contributed by atoms with Gasteiger partial charge in [-0.05, 0) is 6.92 Å². The molecule has 3 heterocycles. The number of nitrogens with zero attached hydrogens (tertiary/aromatic N) is 4. The molecule has 1 saturated heterocycles. The molecule has 0 saturated carbocycles. The Bertz CT molecular complexity index is 631. The predicted octanol–water partition coefficient (Wildman–Crippen LogP) is 0.339. The average molecular weight is 293 g/mol. The van der Waals surface area contributed by atoms with E-state index in [-0.39, 0.29) is 31.0 Å². The number of nitrogen functional groups attached to an aromatic ring is 1. The van der Waals surface area contributed by atoms with E-state index in [4.69, 9.17) is 15.2 Å². The first kappa shape index (κ1) is 14.2. The third kappa shape index (κ3) is 2.25. The molecule has 2 unspecified atom stereocenters. The van der Waals surface area contributed by atoms with Gasteiger partial charge in [-0.25, -0.2) is 15.0 Å². The summed E-state index contributed by atoms with van der Waals surface area (Å²) >= 11 is 0. The van der Waals surface area contributed by atoms with Crippen LogP contribution in [0.4, 0.5) is 5.82 Å². The summed E-state index contributed by atoms with van der Waals surface area (Å²) in [7, 11) is 0. The molecule has 0 bridgehead atoms. The third-order valence-electron chi connectivity index (χ3n) is 3.85. The lowest BCUT2D eigenvalue weighted by atomic mass is 10.0. The van der Waals surface area contributed by atoms with E-state index in [1.54, 1.807) is 6.33 Å². The van der Waals surface area contributed by atoms with Gasteiger partial charge >= 0.3 is 0 Å². The zero-order valence-corrected chi connectivity index (χ0v) is 12.0. The summed E-state index contributed by atoms with van der Waals surface area (Å²) in [6.07, 6.45) is 2.21. The summed E-state index contributed by atoms with van der Waals surface area (Å²) in [5.74, 6) is 0.389. The maximum Gasteiger partial charge on any atom is 0.167 e. The molecule has 8 nitrogen and oxygen atoms in total. The summed E-state index contributed by atoms with van der Waals surface area (Å²) in [6, 6.07) is 0. The molecular formula is C13H19N5O3. The van der Waals surface area contributed by atoms with E-state index >= 15 is 0 Å². The minimum atomic E-state index is -0.360. The van der Waals surface area contributed by atoms with Crippen molar-refractivity contribution in [3.05, 3.63) is 12.7 Å². The molecule has 4 atom stereocenters. The second-order valence-corrected chi connectivity index (χ2v) is 5.11. The zero-order valence-electron chi connectivity index (χ0n) is 12.0. The van der Waals surface area contributed by atoms with Gasteiger partial charge in [-0.1, -0.05) is 6.92 Å². The van der Waals surface area contributed by atoms with Crippen molar-refractivity contribution in [3.63, 3.8) is 0 Å². The van der Waals surface area contributed by atoms with Crippen LogP contribution in [0.2, 0.25) is 0 Å². The molecule has 0 spiro atoms. The first-order valence-corrected chi connectivity index (χ1v) is 6.98. The lowest BCUT2D eigenvalue weighted by Gasteiger charge is -2.20. The van der Waals surface area contributed by atoms with E-state index in [2.05, 4.69) is 15.0 Å². The number of ether oxygens (including phenoxy) is 2. The minimum absolute atomic E-state index is 0.0516. The molecule has 3 N–H and O–H groups in total. The van der Waals surface area contributed by atoms with Crippen LogP contribution in [0.1, 0.15) is 20.1 Å². The maximum atomic E-state index is 9.48. The highest BCUT2D eigenvalue weighted by molar-refractivity contribution is 5.81. The number of anilines is 1. The second-order valence-electron chi connectivity index (χ2n) is 5.11. The highest BCUT2D eigenvalue weighted by Gasteiger charge is 2.43. The lowest BCUT2D eigenvalue weighted by Crippen LogP contribution is -2.31. The van der Waals surface area contributed by atoms with Gasteiger partial charge in [0.25, 0.3) is 0 Å². The smallest absolute Gasteiger partial charge is 0.167 e. The Balaban J connectivity index is 1.97. The van der Waals surface area contributed by atoms with E-state index in [0.717, 1.165) is 0 Å². The van der Waals surface area contributed by atoms with Gasteiger partial charge in [-0.3, -0.25) is 4.57 Å². The average Bonchev–Trinajstić information content (AvgIpc) is 3.03. The van der Waals surface area contributed by atoms with Crippen LogP contribution in [0.15, 0.2) is 12.7 Å². The molecule has 21 heavy (non-hydrogen) atoms. The van der Waals surface area contributed by atoms with Gasteiger partial charge in [0.1, 0.15) is 24.2 Å². The SMILES string of the molecule is CCOC1C(C)[C@H](n2cnc3c(N)ncnc32)O[C@@H]1CO. The fourth-order valence-electron chi connectivity index (χ4n) is 2.85. The van der Waals surface area contributed by atoms with Crippen LogP contribution in [0.25, 0.3) is 11.2 Å². The Kier molecular flexibility index (Phi) is 3.75. The van der Waals surface area contributed by atoms with Crippen molar-refractivity contribution < 1.29 is 14.6 Å². The number of rotatable bonds is 4. The fraction of sp³-hybridized carbons (Fsp3) is 0.615. The Morgan fingerprint density at radius 1 is 1.43 bits per heavy atom. The number of nitrogens with two attached hydrogens (primary N) is 1. The van der Waals surface area contributed by atoms with Crippen molar-refractivity contribution in [1.29, 1.82) is 0 Å². The molecular weight excluding hydrogens is 274 g/mol. The Morgan fingerprint density at radius 3 is 2.95 bits per heavy atom. The standard InChI is InChI=1S/C13H19N5O3/c1-3-20-10-7(2)13(21-8(10)4-19)18-6-17-9-11(14)15-5-16-12(9)18/h5-8,10,13,19H,3-4H2,1-2H3,(H2,14,15,16)/t7?,8-,10?,13-/m1/s1. The largest absolute Gasteiger partial charge is 0.394 e. The lowest BCUT2D eigenvalue weighted by molar-refractivity contribution is -0.0584. The topological polar surface area (TPSA) is 108 Å². The summed E-state index contributed by atoms with van der Waals surface area (Å²) in [5.41, 5.74) is 6.97. The number of hydrogen-bond acceptors (Lipinski definition) is 7. The van der Waals surface area contributed by atoms with Crippen LogP contribution in [0.5, 0.6) is 0 Å². The van der Waals surface area contributed by atoms with E-state index in [0.29, 0.717) is 23.6 Å². The van der Waals surface area contributed by atoms with Gasteiger partial charge < -0.3 is 20.3 Å². The number of imidazole rings is 1. The highest BCUT2D eigenvalue weighted by atomic mass is 16.6. The number of aliphatic hydroxyl groups excluding tert-OH is 1. The first-order chi connectivity index (χ1) is 10.2. The van der Waals surface area contributed by atoms with E-state index in [1.807, 2.05) is 18.4 Å². The van der Waals surface area contributed by atoms with Crippen molar-refractivity contribution in [3.8, 4) is 0 Å². The number of aromatic nitrogens is 4. The van der Waals surface area contributed by atoms with Gasteiger partial charge in [0.2, 0.25) is 0 Å². The molecule has 2 aromatic heterocycles. The Morgan fingerprint density at radius 2 is 2.24 bits per heavy atom. The van der Waals surface area contributed by atoms with Crippen molar-refractivity contribution in [1.82, 2.24) is 19.5 Å². The number of fused-ring (bicyclic) bond motifs is 1. The molecule has 0 aliphatic carbocycles. The Hall–Kier alpha value is -1.77. The van der Waals surface area contributed by atoms with Crippen LogP contribution >= 0.6 is 0 Å². The molecule has 114 valence electrons. The first-order valence-electron chi connectivity index (χ1n) is 6.98. The van der Waals surface area contributed by atoms with E-state index in [9.17, 15) is 5.11 Å². The summed E-state index contributed by atoms with van der Waals surface area (Å²) < 4.78 is 13.5. The molecule has 2 aromatic rings. The normalized spacial score (nSPS) is 29.3. The minimum Gasteiger partial charge on any atom is -0.394 e. The van der Waals surface area contributed by atoms with Crippen LogP contribution < -0.4 is 5.73 Å². The quantitative estimate of drug-likeness (QED) is 0.836. The van der Waals surface area contributed by atoms with E-state index in [1.165, 1.54) is 6.33 Å². The van der Waals surface area contributed by atoms with Gasteiger partial charge in [-0.2, -0.15) is 0 Å². The van der Waals surface area contributed by atoms with Crippen molar-refractivity contribution >= 4 is 17.0 Å². The van der Waals surface area contributed by atoms with Gasteiger partial charge in [0, 0.05) is 12.5 Å². The second kappa shape index (κ2) is 5.55. The van der Waals surface area contributed by atoms with Crippen LogP contribution in [0.3, 0.4) is 0 Å². The van der Waals surface area contributed by atoms with Crippen molar-refractivity contribution in [2.75, 3.05) is 18.9 Å². The molecule has 1 aliphatic heterocycles. The third-order valence-corrected chi connectivity index (χ3v) is 3.85. The zero-order chi connectivity index (χ0) is 15.0. The van der Waals surface area contributed by atoms with Gasteiger partial charge in [-0.15, -0.1) is 0 Å². The number of hydrogen-bond donors (Lipinski definition) is 2. The molecule has 8 heteroatoms. The monoisotopic (exact) mass is 293 g/mol. The van der Waals surface area contributed by atoms with Crippen LogP contribution in [0, 0.1) is 5.92 Å². The summed E-state index contributed by atoms with van der Waals surface area (Å²) in [6.45, 7) is 4.43.